The molecule has 0 saturated carbocycles. The number of nitrogens with one attached hydrogen (secondary N) is 2. The van der Waals surface area contributed by atoms with Gasteiger partial charge in [-0.25, -0.2) is 13.8 Å². The predicted octanol–water partition coefficient (Wildman–Crippen LogP) is 4.50. The molecule has 192 valence electrons. The zero-order chi connectivity index (χ0) is 27.0. The number of halogens is 1. The van der Waals surface area contributed by atoms with Crippen LogP contribution in [0.15, 0.2) is 101 Å². The van der Waals surface area contributed by atoms with Gasteiger partial charge in [-0.2, -0.15) is 9.82 Å². The summed E-state index contributed by atoms with van der Waals surface area (Å²) >= 11 is 2.10. The number of amides is 1. The van der Waals surface area contributed by atoms with Crippen molar-refractivity contribution in [3.63, 3.8) is 0 Å². The number of rotatable bonds is 10. The fraction of sp³-hybridized carbons (Fsp3) is 0.103. The summed E-state index contributed by atoms with van der Waals surface area (Å²) in [5.41, 5.74) is 3.92. The van der Waals surface area contributed by atoms with E-state index in [-0.39, 0.29) is 17.9 Å². The van der Waals surface area contributed by atoms with Crippen LogP contribution in [0.2, 0.25) is 0 Å². The highest BCUT2D eigenvalue weighted by atomic mass is 127. The lowest BCUT2D eigenvalue weighted by Crippen LogP contribution is -2.46. The summed E-state index contributed by atoms with van der Waals surface area (Å²) in [6, 6.07) is 25.8. The van der Waals surface area contributed by atoms with Gasteiger partial charge in [0.1, 0.15) is 18.4 Å². The van der Waals surface area contributed by atoms with Crippen molar-refractivity contribution in [2.45, 2.75) is 17.4 Å². The highest BCUT2D eigenvalue weighted by molar-refractivity contribution is 14.1. The van der Waals surface area contributed by atoms with Crippen molar-refractivity contribution in [3.8, 4) is 18.1 Å². The third-order valence-corrected chi connectivity index (χ3v) is 7.84. The summed E-state index contributed by atoms with van der Waals surface area (Å²) in [5.74, 6) is 2.35. The first-order valence-corrected chi connectivity index (χ1v) is 14.2. The molecule has 0 aromatic heterocycles. The van der Waals surface area contributed by atoms with Crippen LogP contribution in [0.3, 0.4) is 0 Å². The van der Waals surface area contributed by atoms with Crippen LogP contribution in [-0.2, 0) is 21.2 Å². The molecule has 0 aliphatic rings. The number of carbonyl (C=O) groups is 1. The Labute approximate surface area is 235 Å². The van der Waals surface area contributed by atoms with Gasteiger partial charge in [-0.3, -0.25) is 4.79 Å². The molecule has 0 saturated heterocycles. The second-order valence-electron chi connectivity index (χ2n) is 8.24. The maximum absolute atomic E-state index is 13.2. The molecule has 4 aromatic rings. The monoisotopic (exact) mass is 637 g/mol. The summed E-state index contributed by atoms with van der Waals surface area (Å²) in [7, 11) is -3.97. The Morgan fingerprint density at radius 1 is 1.00 bits per heavy atom. The number of sulfonamides is 1. The van der Waals surface area contributed by atoms with Gasteiger partial charge in [-0.15, -0.1) is 6.42 Å². The van der Waals surface area contributed by atoms with Crippen molar-refractivity contribution in [3.05, 3.63) is 106 Å². The van der Waals surface area contributed by atoms with Crippen molar-refractivity contribution < 1.29 is 17.9 Å². The molecule has 0 aliphatic heterocycles. The number of carbonyl (C=O) groups excluding carboxylic acids is 1. The second kappa shape index (κ2) is 12.7. The summed E-state index contributed by atoms with van der Waals surface area (Å²) in [6.45, 7) is 0.0744. The van der Waals surface area contributed by atoms with E-state index in [4.69, 9.17) is 11.2 Å². The van der Waals surface area contributed by atoms with Crippen LogP contribution in [0.5, 0.6) is 5.75 Å². The van der Waals surface area contributed by atoms with Gasteiger partial charge in [0.25, 0.3) is 5.91 Å². The smallest absolute Gasteiger partial charge is 0.258 e. The molecule has 1 atom stereocenters. The minimum Gasteiger partial charge on any atom is -0.480 e. The van der Waals surface area contributed by atoms with E-state index in [2.05, 4.69) is 43.8 Å². The van der Waals surface area contributed by atoms with E-state index in [1.165, 1.54) is 18.3 Å². The highest BCUT2D eigenvalue weighted by Gasteiger charge is 2.26. The summed E-state index contributed by atoms with van der Waals surface area (Å²) < 4.78 is 35.2. The van der Waals surface area contributed by atoms with Crippen LogP contribution in [0, 0.1) is 15.9 Å². The van der Waals surface area contributed by atoms with Crippen LogP contribution >= 0.6 is 22.6 Å². The predicted molar refractivity (Wildman–Crippen MR) is 157 cm³/mol. The minimum absolute atomic E-state index is 0.0679. The molecule has 0 spiro atoms. The van der Waals surface area contributed by atoms with Crippen LogP contribution in [0.1, 0.15) is 11.1 Å². The fourth-order valence-corrected chi connectivity index (χ4v) is 5.35. The van der Waals surface area contributed by atoms with Crippen LogP contribution < -0.4 is 14.9 Å². The SMILES string of the molecule is C#CCOc1ccc2ccccc2c1/C=N\NC(=O)[C@H](Cc1ccccc1)NS(=O)(=O)c1ccc(I)cc1. The number of fused-ring (bicyclic) bond motifs is 1. The van der Waals surface area contributed by atoms with E-state index in [1.807, 2.05) is 60.7 Å². The molecule has 4 aromatic carbocycles. The maximum atomic E-state index is 13.2. The minimum atomic E-state index is -3.97. The zero-order valence-corrected chi connectivity index (χ0v) is 23.1. The fourth-order valence-electron chi connectivity index (χ4n) is 3.80. The number of hydrazone groups is 1. The molecule has 0 bridgehead atoms. The zero-order valence-electron chi connectivity index (χ0n) is 20.2. The topological polar surface area (TPSA) is 96.9 Å². The van der Waals surface area contributed by atoms with Gasteiger partial charge in [0.2, 0.25) is 10.0 Å². The summed E-state index contributed by atoms with van der Waals surface area (Å²) in [4.78, 5) is 13.3. The molecular weight excluding hydrogens is 613 g/mol. The van der Waals surface area contributed by atoms with E-state index >= 15 is 0 Å². The van der Waals surface area contributed by atoms with Crippen molar-refractivity contribution in [2.75, 3.05) is 6.61 Å². The second-order valence-corrected chi connectivity index (χ2v) is 11.2. The third kappa shape index (κ3) is 6.98. The van der Waals surface area contributed by atoms with Gasteiger partial charge in [-0.1, -0.05) is 66.6 Å². The molecular formula is C29H24IN3O4S. The van der Waals surface area contributed by atoms with Crippen molar-refractivity contribution in [1.29, 1.82) is 0 Å². The number of nitrogens with zero attached hydrogens (tertiary/aromatic N) is 1. The van der Waals surface area contributed by atoms with Gasteiger partial charge in [0.05, 0.1) is 11.1 Å². The molecule has 0 aliphatic carbocycles. The van der Waals surface area contributed by atoms with Gasteiger partial charge >= 0.3 is 0 Å². The van der Waals surface area contributed by atoms with Crippen LogP contribution in [0.4, 0.5) is 0 Å². The van der Waals surface area contributed by atoms with E-state index in [9.17, 15) is 13.2 Å². The van der Waals surface area contributed by atoms with E-state index in [0.29, 0.717) is 11.3 Å². The molecule has 38 heavy (non-hydrogen) atoms. The largest absolute Gasteiger partial charge is 0.480 e. The van der Waals surface area contributed by atoms with Crippen molar-refractivity contribution in [1.82, 2.24) is 10.1 Å². The first-order valence-electron chi connectivity index (χ1n) is 11.6. The number of terminal acetylenes is 1. The van der Waals surface area contributed by atoms with Gasteiger partial charge in [-0.05, 0) is 75.7 Å². The molecule has 0 unspecified atom stereocenters. The maximum Gasteiger partial charge on any atom is 0.258 e. The molecule has 9 heteroatoms. The number of hydrogen-bond donors (Lipinski definition) is 2. The molecule has 0 radical (unpaired) electrons. The van der Waals surface area contributed by atoms with Gasteiger partial charge in [0, 0.05) is 9.13 Å². The lowest BCUT2D eigenvalue weighted by molar-refractivity contribution is -0.122. The number of ether oxygens (including phenoxy) is 1. The Morgan fingerprint density at radius 2 is 1.71 bits per heavy atom. The van der Waals surface area contributed by atoms with Crippen molar-refractivity contribution in [2.24, 2.45) is 5.10 Å². The Hall–Kier alpha value is -3.72. The first-order chi connectivity index (χ1) is 18.4. The van der Waals surface area contributed by atoms with E-state index in [1.54, 1.807) is 18.2 Å². The standard InChI is InChI=1S/C29H24IN3O4S/c1-2-18-37-28-17-12-22-10-6-7-11-25(22)26(28)20-31-32-29(34)27(19-21-8-4-3-5-9-21)33-38(35,36)24-15-13-23(30)14-16-24/h1,3-17,20,27,33H,18-19H2,(H,32,34)/b31-20-/t27-/m0/s1. The Bertz CT molecular complexity index is 1600. The normalized spacial score (nSPS) is 12.2. The van der Waals surface area contributed by atoms with Crippen LogP contribution in [-0.4, -0.2) is 33.2 Å². The quantitative estimate of drug-likeness (QED) is 0.116. The van der Waals surface area contributed by atoms with Gasteiger partial charge in [0.15, 0.2) is 0 Å². The molecule has 1 amide bonds. The average molecular weight is 637 g/mol. The number of benzene rings is 4. The van der Waals surface area contributed by atoms with Crippen LogP contribution in [0.25, 0.3) is 10.8 Å². The summed E-state index contributed by atoms with van der Waals surface area (Å²) in [5, 5.41) is 5.97. The van der Waals surface area contributed by atoms with E-state index < -0.39 is 22.0 Å². The molecule has 0 heterocycles. The number of hydrogen-bond acceptors (Lipinski definition) is 5. The third-order valence-electron chi connectivity index (χ3n) is 5.63. The first kappa shape index (κ1) is 27.3. The lowest BCUT2D eigenvalue weighted by atomic mass is 10.0. The van der Waals surface area contributed by atoms with E-state index in [0.717, 1.165) is 19.9 Å². The molecule has 2 N–H and O–H groups in total. The highest BCUT2D eigenvalue weighted by Crippen LogP contribution is 2.26. The summed E-state index contributed by atoms with van der Waals surface area (Å²) in [6.07, 6.45) is 6.96. The molecule has 7 nitrogen and oxygen atoms in total. The average Bonchev–Trinajstić information content (AvgIpc) is 2.92. The Morgan fingerprint density at radius 3 is 2.45 bits per heavy atom. The van der Waals surface area contributed by atoms with Crippen molar-refractivity contribution >= 4 is 55.5 Å². The Balaban J connectivity index is 1.59. The molecule has 0 fully saturated rings. The lowest BCUT2D eigenvalue weighted by Gasteiger charge is -2.17. The van der Waals surface area contributed by atoms with Gasteiger partial charge < -0.3 is 4.74 Å². The Kier molecular flexibility index (Phi) is 9.12. The molecule has 4 rings (SSSR count).